The number of rotatable bonds is 9. The molecule has 0 fully saturated rings. The van der Waals surface area contributed by atoms with E-state index in [0.29, 0.717) is 28.2 Å². The first kappa shape index (κ1) is 22.5. The van der Waals surface area contributed by atoms with Crippen molar-refractivity contribution >= 4 is 23.4 Å². The minimum atomic E-state index is -0.373. The molecule has 0 bridgehead atoms. The van der Waals surface area contributed by atoms with Crippen molar-refractivity contribution in [1.29, 1.82) is 0 Å². The Bertz CT molecular complexity index is 1040. The van der Waals surface area contributed by atoms with Gasteiger partial charge in [-0.3, -0.25) is 4.79 Å². The Labute approximate surface area is 185 Å². The fraction of sp³-hybridized carbons (Fsp3) is 0.318. The lowest BCUT2D eigenvalue weighted by molar-refractivity contribution is -0.113. The molecule has 3 rings (SSSR count). The Morgan fingerprint density at radius 3 is 2.55 bits per heavy atom. The van der Waals surface area contributed by atoms with Gasteiger partial charge < -0.3 is 24.5 Å². The topological polar surface area (TPSA) is 98.5 Å². The third-order valence-corrected chi connectivity index (χ3v) is 5.35. The molecule has 1 aromatic heterocycles. The zero-order valence-corrected chi connectivity index (χ0v) is 18.7. The van der Waals surface area contributed by atoms with Gasteiger partial charge in [0, 0.05) is 17.8 Å². The zero-order valence-electron chi connectivity index (χ0n) is 17.9. The van der Waals surface area contributed by atoms with Crippen molar-refractivity contribution in [2.45, 2.75) is 38.1 Å². The minimum Gasteiger partial charge on any atom is -0.508 e. The molecular weight excluding hydrogens is 416 g/mol. The average Bonchev–Trinajstić information content (AvgIpc) is 3.17. The van der Waals surface area contributed by atoms with E-state index in [1.165, 1.54) is 17.8 Å². The number of hydrogen-bond donors (Lipinski definition) is 2. The zero-order chi connectivity index (χ0) is 22.4. The summed E-state index contributed by atoms with van der Waals surface area (Å²) in [5, 5.41) is 21.5. The molecule has 0 aliphatic carbocycles. The number of nitrogens with zero attached hydrogens (tertiary/aromatic N) is 3. The number of anilines is 1. The lowest BCUT2D eigenvalue weighted by Gasteiger charge is -2.19. The van der Waals surface area contributed by atoms with Crippen LogP contribution < -0.4 is 14.8 Å². The van der Waals surface area contributed by atoms with Gasteiger partial charge in [-0.25, -0.2) is 0 Å². The van der Waals surface area contributed by atoms with Crippen molar-refractivity contribution in [2.24, 2.45) is 0 Å². The standard InChI is InChI=1S/C22H26N4O4S/c1-14(2)26-21(15(3)30-19-11-6-5-10-18(19)29-4)24-25-22(26)31-13-20(28)23-16-8-7-9-17(27)12-16/h5-12,14-15,27H,13H2,1-4H3,(H,23,28). The van der Waals surface area contributed by atoms with Gasteiger partial charge in [-0.1, -0.05) is 30.0 Å². The molecule has 1 atom stereocenters. The summed E-state index contributed by atoms with van der Waals surface area (Å²) in [7, 11) is 1.60. The Morgan fingerprint density at radius 1 is 1.13 bits per heavy atom. The van der Waals surface area contributed by atoms with Crippen LogP contribution in [0.25, 0.3) is 0 Å². The number of para-hydroxylation sites is 2. The normalized spacial score (nSPS) is 11.9. The highest BCUT2D eigenvalue weighted by Crippen LogP contribution is 2.32. The van der Waals surface area contributed by atoms with Gasteiger partial charge in [0.05, 0.1) is 12.9 Å². The molecule has 0 saturated heterocycles. The summed E-state index contributed by atoms with van der Waals surface area (Å²) in [6, 6.07) is 13.9. The molecule has 2 aromatic carbocycles. The number of aromatic hydroxyl groups is 1. The van der Waals surface area contributed by atoms with Crippen molar-refractivity contribution in [3.8, 4) is 17.2 Å². The van der Waals surface area contributed by atoms with Gasteiger partial charge in [0.2, 0.25) is 5.91 Å². The number of carbonyl (C=O) groups excluding carboxylic acids is 1. The summed E-state index contributed by atoms with van der Waals surface area (Å²) < 4.78 is 13.4. The molecule has 1 unspecified atom stereocenters. The Kier molecular flexibility index (Phi) is 7.41. The molecule has 3 aromatic rings. The maximum atomic E-state index is 12.3. The third kappa shape index (κ3) is 5.69. The monoisotopic (exact) mass is 442 g/mol. The van der Waals surface area contributed by atoms with Gasteiger partial charge in [-0.05, 0) is 45.0 Å². The van der Waals surface area contributed by atoms with Crippen LogP contribution in [0.3, 0.4) is 0 Å². The number of thioether (sulfide) groups is 1. The van der Waals surface area contributed by atoms with Gasteiger partial charge in [0.1, 0.15) is 5.75 Å². The number of phenols is 1. The number of carbonyl (C=O) groups is 1. The van der Waals surface area contributed by atoms with Gasteiger partial charge in [-0.15, -0.1) is 10.2 Å². The first-order valence-electron chi connectivity index (χ1n) is 9.85. The van der Waals surface area contributed by atoms with Crippen molar-refractivity contribution < 1.29 is 19.4 Å². The smallest absolute Gasteiger partial charge is 0.234 e. The Hall–Kier alpha value is -3.20. The predicted octanol–water partition coefficient (Wildman–Crippen LogP) is 4.44. The Balaban J connectivity index is 1.70. The highest BCUT2D eigenvalue weighted by molar-refractivity contribution is 7.99. The number of nitrogens with one attached hydrogen (secondary N) is 1. The van der Waals surface area contributed by atoms with Crippen molar-refractivity contribution in [3.05, 3.63) is 54.4 Å². The maximum Gasteiger partial charge on any atom is 0.234 e. The predicted molar refractivity (Wildman–Crippen MR) is 120 cm³/mol. The fourth-order valence-corrected chi connectivity index (χ4v) is 3.89. The number of phenolic OH excluding ortho intramolecular Hbond substituents is 1. The van der Waals surface area contributed by atoms with E-state index in [4.69, 9.17) is 9.47 Å². The van der Waals surface area contributed by atoms with Crippen LogP contribution in [0, 0.1) is 0 Å². The number of amides is 1. The maximum absolute atomic E-state index is 12.3. The van der Waals surface area contributed by atoms with Gasteiger partial charge in [-0.2, -0.15) is 0 Å². The van der Waals surface area contributed by atoms with E-state index in [2.05, 4.69) is 15.5 Å². The molecule has 9 heteroatoms. The summed E-state index contributed by atoms with van der Waals surface area (Å²) in [4.78, 5) is 12.3. The summed E-state index contributed by atoms with van der Waals surface area (Å²) in [6.45, 7) is 5.96. The van der Waals surface area contributed by atoms with E-state index < -0.39 is 0 Å². The van der Waals surface area contributed by atoms with E-state index in [1.54, 1.807) is 25.3 Å². The molecule has 164 valence electrons. The molecule has 0 radical (unpaired) electrons. The first-order chi connectivity index (χ1) is 14.9. The van der Waals surface area contributed by atoms with Gasteiger partial charge >= 0.3 is 0 Å². The molecule has 0 aliphatic heterocycles. The molecular formula is C22H26N4O4S. The van der Waals surface area contributed by atoms with Crippen LogP contribution in [-0.2, 0) is 4.79 Å². The van der Waals surface area contributed by atoms with E-state index in [-0.39, 0.29) is 29.6 Å². The largest absolute Gasteiger partial charge is 0.508 e. The molecule has 1 heterocycles. The lowest BCUT2D eigenvalue weighted by atomic mass is 10.3. The second-order valence-electron chi connectivity index (χ2n) is 7.10. The SMILES string of the molecule is COc1ccccc1OC(C)c1nnc(SCC(=O)Nc2cccc(O)c2)n1C(C)C. The summed E-state index contributed by atoms with van der Waals surface area (Å²) in [5.41, 5.74) is 0.537. The summed E-state index contributed by atoms with van der Waals surface area (Å²) >= 11 is 1.29. The quantitative estimate of drug-likeness (QED) is 0.473. The molecule has 0 aliphatic rings. The molecule has 0 spiro atoms. The van der Waals surface area contributed by atoms with Crippen molar-refractivity contribution in [1.82, 2.24) is 14.8 Å². The average molecular weight is 443 g/mol. The summed E-state index contributed by atoms with van der Waals surface area (Å²) in [5.74, 6) is 1.98. The van der Waals surface area contributed by atoms with Crippen LogP contribution >= 0.6 is 11.8 Å². The van der Waals surface area contributed by atoms with Crippen molar-refractivity contribution in [3.63, 3.8) is 0 Å². The fourth-order valence-electron chi connectivity index (χ4n) is 3.02. The second-order valence-corrected chi connectivity index (χ2v) is 8.05. The molecule has 2 N–H and O–H groups in total. The highest BCUT2D eigenvalue weighted by atomic mass is 32.2. The van der Waals surface area contributed by atoms with Crippen LogP contribution in [0.4, 0.5) is 5.69 Å². The van der Waals surface area contributed by atoms with Gasteiger partial charge in [0.25, 0.3) is 0 Å². The van der Waals surface area contributed by atoms with E-state index in [0.717, 1.165) is 0 Å². The van der Waals surface area contributed by atoms with Gasteiger partial charge in [0.15, 0.2) is 28.6 Å². The highest BCUT2D eigenvalue weighted by Gasteiger charge is 2.23. The van der Waals surface area contributed by atoms with E-state index >= 15 is 0 Å². The molecule has 31 heavy (non-hydrogen) atoms. The number of benzene rings is 2. The molecule has 8 nitrogen and oxygen atoms in total. The van der Waals surface area contributed by atoms with Crippen LogP contribution in [0.15, 0.2) is 53.7 Å². The third-order valence-electron chi connectivity index (χ3n) is 4.41. The van der Waals surface area contributed by atoms with E-state index in [9.17, 15) is 9.90 Å². The summed E-state index contributed by atoms with van der Waals surface area (Å²) in [6.07, 6.45) is -0.373. The second kappa shape index (κ2) is 10.2. The van der Waals surface area contributed by atoms with Crippen LogP contribution in [0.5, 0.6) is 17.2 Å². The number of hydrogen-bond acceptors (Lipinski definition) is 7. The number of ether oxygens (including phenoxy) is 2. The minimum absolute atomic E-state index is 0.0744. The number of methoxy groups -OCH3 is 1. The molecule has 0 saturated carbocycles. The van der Waals surface area contributed by atoms with Crippen LogP contribution in [0.1, 0.15) is 38.7 Å². The van der Waals surface area contributed by atoms with Crippen LogP contribution in [0.2, 0.25) is 0 Å². The van der Waals surface area contributed by atoms with Crippen LogP contribution in [-0.4, -0.2) is 38.6 Å². The van der Waals surface area contributed by atoms with E-state index in [1.807, 2.05) is 49.6 Å². The first-order valence-corrected chi connectivity index (χ1v) is 10.8. The number of aromatic nitrogens is 3. The van der Waals surface area contributed by atoms with Crippen molar-refractivity contribution in [2.75, 3.05) is 18.2 Å². The molecule has 1 amide bonds. The Morgan fingerprint density at radius 2 is 1.87 bits per heavy atom. The lowest BCUT2D eigenvalue weighted by Crippen LogP contribution is -2.16.